The lowest BCUT2D eigenvalue weighted by Gasteiger charge is -2.28. The Balaban J connectivity index is 1.37. The fourth-order valence-corrected chi connectivity index (χ4v) is 5.79. The second kappa shape index (κ2) is 15.6. The highest BCUT2D eigenvalue weighted by Crippen LogP contribution is 2.36. The third kappa shape index (κ3) is 8.52. The summed E-state index contributed by atoms with van der Waals surface area (Å²) < 4.78 is 23.9. The molecule has 1 aliphatic rings. The molecule has 0 saturated heterocycles. The lowest BCUT2D eigenvalue weighted by atomic mass is 9.95. The van der Waals surface area contributed by atoms with Crippen LogP contribution >= 0.6 is 31.9 Å². The minimum Gasteiger partial charge on any atom is -0.490 e. The van der Waals surface area contributed by atoms with Crippen molar-refractivity contribution in [2.24, 2.45) is 5.10 Å². The van der Waals surface area contributed by atoms with Gasteiger partial charge < -0.3 is 34.7 Å². The Morgan fingerprint density at radius 2 is 1.80 bits per heavy atom. The Bertz CT molecular complexity index is 1530. The van der Waals surface area contributed by atoms with Gasteiger partial charge in [-0.25, -0.2) is 9.59 Å². The van der Waals surface area contributed by atoms with Gasteiger partial charge in [-0.1, -0.05) is 36.4 Å². The molecule has 232 valence electrons. The van der Waals surface area contributed by atoms with Crippen LogP contribution in [0.4, 0.5) is 4.79 Å². The Hall–Kier alpha value is -4.07. The molecule has 11 nitrogen and oxygen atoms in total. The predicted molar refractivity (Wildman–Crippen MR) is 172 cm³/mol. The molecule has 0 bridgehead atoms. The van der Waals surface area contributed by atoms with E-state index in [0.717, 1.165) is 20.1 Å². The second-order valence-corrected chi connectivity index (χ2v) is 11.2. The average molecular weight is 732 g/mol. The lowest BCUT2D eigenvalue weighted by Crippen LogP contribution is -2.45. The highest BCUT2D eigenvalue weighted by atomic mass is 79.9. The van der Waals surface area contributed by atoms with Crippen LogP contribution in [0.3, 0.4) is 0 Å². The van der Waals surface area contributed by atoms with Crippen molar-refractivity contribution in [1.82, 2.24) is 16.1 Å². The minimum atomic E-state index is -1.14. The van der Waals surface area contributed by atoms with E-state index in [1.54, 1.807) is 31.3 Å². The molecule has 2 atom stereocenters. The number of urea groups is 1. The largest absolute Gasteiger partial charge is 0.490 e. The van der Waals surface area contributed by atoms with Crippen molar-refractivity contribution in [3.8, 4) is 17.2 Å². The molecule has 0 spiro atoms. The van der Waals surface area contributed by atoms with Crippen molar-refractivity contribution in [2.45, 2.75) is 32.7 Å². The molecule has 4 N–H and O–H groups in total. The number of amides is 2. The minimum absolute atomic E-state index is 0.146. The molecule has 0 saturated carbocycles. The molecule has 0 unspecified atom stereocenters. The first-order valence-corrected chi connectivity index (χ1v) is 15.2. The monoisotopic (exact) mass is 730 g/mol. The maximum atomic E-state index is 12.4. The van der Waals surface area contributed by atoms with Gasteiger partial charge in [0.1, 0.15) is 19.0 Å². The van der Waals surface area contributed by atoms with Gasteiger partial charge in [0, 0.05) is 5.70 Å². The number of methoxy groups -OCH3 is 1. The Morgan fingerprint density at radius 3 is 2.48 bits per heavy atom. The van der Waals surface area contributed by atoms with E-state index >= 15 is 0 Å². The number of esters is 1. The van der Waals surface area contributed by atoms with E-state index < -0.39 is 24.3 Å². The van der Waals surface area contributed by atoms with E-state index in [1.807, 2.05) is 49.4 Å². The predicted octanol–water partition coefficient (Wildman–Crippen LogP) is 5.31. The van der Waals surface area contributed by atoms with Crippen LogP contribution in [0.5, 0.6) is 17.2 Å². The fraction of sp³-hybridized carbons (Fsp3) is 0.258. The molecule has 0 aliphatic carbocycles. The molecule has 3 aromatic rings. The van der Waals surface area contributed by atoms with E-state index in [0.29, 0.717) is 41.7 Å². The highest BCUT2D eigenvalue weighted by Gasteiger charge is 2.32. The first-order valence-electron chi connectivity index (χ1n) is 13.6. The number of nitrogens with one attached hydrogen (secondary N) is 3. The molecule has 0 radical (unpaired) electrons. The lowest BCUT2D eigenvalue weighted by molar-refractivity contribution is -0.136. The first kappa shape index (κ1) is 32.8. The van der Waals surface area contributed by atoms with Gasteiger partial charge in [0.05, 0.1) is 40.5 Å². The third-order valence-electron chi connectivity index (χ3n) is 6.36. The Morgan fingerprint density at radius 1 is 1.07 bits per heavy atom. The van der Waals surface area contributed by atoms with Crippen molar-refractivity contribution in [3.05, 3.63) is 97.6 Å². The van der Waals surface area contributed by atoms with E-state index in [1.165, 1.54) is 7.11 Å². The number of halogens is 2. The summed E-state index contributed by atoms with van der Waals surface area (Å²) in [7, 11) is 1.28. The number of hydrogen-bond donors (Lipinski definition) is 4. The molecule has 2 amide bonds. The van der Waals surface area contributed by atoms with Gasteiger partial charge in [-0.15, -0.1) is 0 Å². The summed E-state index contributed by atoms with van der Waals surface area (Å²) in [5.74, 6) is 0.832. The van der Waals surface area contributed by atoms with Gasteiger partial charge in [-0.05, 0) is 86.7 Å². The molecular weight excluding hydrogens is 700 g/mol. The molecule has 13 heteroatoms. The van der Waals surface area contributed by atoms with E-state index in [2.05, 4.69) is 53.0 Å². The van der Waals surface area contributed by atoms with Gasteiger partial charge in [0.25, 0.3) is 0 Å². The zero-order valence-electron chi connectivity index (χ0n) is 24.2. The molecule has 0 fully saturated rings. The molecule has 4 rings (SSSR count). The number of nitrogens with zero attached hydrogens (tertiary/aromatic N) is 1. The Labute approximate surface area is 271 Å². The van der Waals surface area contributed by atoms with Crippen LogP contribution in [0.15, 0.2) is 86.0 Å². The van der Waals surface area contributed by atoms with Gasteiger partial charge >= 0.3 is 12.0 Å². The summed E-state index contributed by atoms with van der Waals surface area (Å²) in [4.78, 5) is 24.6. The van der Waals surface area contributed by atoms with E-state index in [4.69, 9.17) is 18.9 Å². The number of carbonyl (C=O) groups is 2. The molecule has 1 aliphatic heterocycles. The van der Waals surface area contributed by atoms with Crippen LogP contribution in [0.2, 0.25) is 0 Å². The third-order valence-corrected chi connectivity index (χ3v) is 7.53. The summed E-state index contributed by atoms with van der Waals surface area (Å²) >= 11 is 7.09. The molecular formula is C31H32Br2N4O7. The second-order valence-electron chi connectivity index (χ2n) is 9.50. The molecule has 44 heavy (non-hydrogen) atoms. The zero-order valence-corrected chi connectivity index (χ0v) is 27.4. The van der Waals surface area contributed by atoms with Crippen molar-refractivity contribution >= 4 is 50.1 Å². The van der Waals surface area contributed by atoms with Gasteiger partial charge in [-0.2, -0.15) is 5.10 Å². The standard InChI is InChI=1S/C31H32Br2N4O7/c1-4-42-25-14-21(28-27(30(39)41-3)18(2)35-31(40)36-28)10-11-24(25)43-17-26(38)37-34-15-20-12-22(32)29(23(33)13-20)44-16-19-8-6-5-7-9-19/h5-15,26,28,37-38H,4,16-17H2,1-3H3,(H2,35,36,40)/b34-15-/t26-,28-/m0/s1. The molecule has 3 aromatic carbocycles. The smallest absolute Gasteiger partial charge is 0.337 e. The van der Waals surface area contributed by atoms with Crippen molar-refractivity contribution in [3.63, 3.8) is 0 Å². The van der Waals surface area contributed by atoms with Crippen LogP contribution in [0, 0.1) is 0 Å². The maximum absolute atomic E-state index is 12.4. The maximum Gasteiger partial charge on any atom is 0.337 e. The normalized spacial score (nSPS) is 15.3. The summed E-state index contributed by atoms with van der Waals surface area (Å²) in [6, 6.07) is 17.4. The van der Waals surface area contributed by atoms with Gasteiger partial charge in [0.15, 0.2) is 17.7 Å². The number of ether oxygens (including phenoxy) is 4. The van der Waals surface area contributed by atoms with Crippen molar-refractivity contribution < 1.29 is 33.6 Å². The topological polar surface area (TPSA) is 140 Å². The van der Waals surface area contributed by atoms with E-state index in [9.17, 15) is 14.7 Å². The average Bonchev–Trinajstić information content (AvgIpc) is 3.00. The highest BCUT2D eigenvalue weighted by molar-refractivity contribution is 9.11. The summed E-state index contributed by atoms with van der Waals surface area (Å²) in [5.41, 5.74) is 5.70. The number of hydrazone groups is 1. The van der Waals surface area contributed by atoms with Gasteiger partial charge in [0.2, 0.25) is 0 Å². The van der Waals surface area contributed by atoms with Crippen LogP contribution in [0.25, 0.3) is 0 Å². The van der Waals surface area contributed by atoms with Crippen LogP contribution < -0.4 is 30.3 Å². The SMILES string of the molecule is CCOc1cc([C@@H]2NC(=O)NC(C)=C2C(=O)OC)ccc1OC[C@H](O)N/N=C\c1cc(Br)c(OCc2ccccc2)c(Br)c1. The Kier molecular flexibility index (Phi) is 11.6. The number of rotatable bonds is 13. The number of aliphatic hydroxyl groups excluding tert-OH is 1. The number of benzene rings is 3. The van der Waals surface area contributed by atoms with Crippen LogP contribution in [0.1, 0.15) is 36.6 Å². The van der Waals surface area contributed by atoms with Crippen LogP contribution in [-0.2, 0) is 16.1 Å². The molecule has 0 aromatic heterocycles. The number of aliphatic hydroxyl groups is 1. The van der Waals surface area contributed by atoms with E-state index in [-0.39, 0.29) is 12.2 Å². The summed E-state index contributed by atoms with van der Waals surface area (Å²) in [5, 5.41) is 19.9. The van der Waals surface area contributed by atoms with Crippen LogP contribution in [-0.4, -0.2) is 49.9 Å². The van der Waals surface area contributed by atoms with Gasteiger partial charge in [-0.3, -0.25) is 5.43 Å². The zero-order chi connectivity index (χ0) is 31.6. The summed E-state index contributed by atoms with van der Waals surface area (Å²) in [6.45, 7) is 4.06. The fourth-order valence-electron chi connectivity index (χ4n) is 4.34. The first-order chi connectivity index (χ1) is 21.2. The summed E-state index contributed by atoms with van der Waals surface area (Å²) in [6.07, 6.45) is 0.419. The van der Waals surface area contributed by atoms with Crippen molar-refractivity contribution in [2.75, 3.05) is 20.3 Å². The quantitative estimate of drug-likeness (QED) is 0.0803. The van der Waals surface area contributed by atoms with Crippen molar-refractivity contribution in [1.29, 1.82) is 0 Å². The number of hydrogen-bond acceptors (Lipinski definition) is 9. The molecule has 1 heterocycles. The number of allylic oxidation sites excluding steroid dienone is 1. The number of carbonyl (C=O) groups excluding carboxylic acids is 2.